The Kier molecular flexibility index (Phi) is 2.84. The first-order chi connectivity index (χ1) is 7.18. The number of aliphatic hydroxyl groups excluding tert-OH is 1. The van der Waals surface area contributed by atoms with Gasteiger partial charge in [0.1, 0.15) is 6.10 Å². The van der Waals surface area contributed by atoms with E-state index in [9.17, 15) is 5.11 Å². The van der Waals surface area contributed by atoms with Gasteiger partial charge in [0, 0.05) is 22.8 Å². The first-order valence-corrected chi connectivity index (χ1v) is 5.70. The maximum atomic E-state index is 10.2. The zero-order valence-corrected chi connectivity index (χ0v) is 9.58. The van der Waals surface area contributed by atoms with E-state index in [0.717, 1.165) is 16.7 Å². The summed E-state index contributed by atoms with van der Waals surface area (Å²) in [5.74, 6) is 0. The molecule has 2 heterocycles. The lowest BCUT2D eigenvalue weighted by Crippen LogP contribution is -2.01. The molecular weight excluding hydrogens is 206 g/mol. The van der Waals surface area contributed by atoms with Crippen LogP contribution in [0, 0.1) is 13.8 Å². The van der Waals surface area contributed by atoms with E-state index in [1.807, 2.05) is 31.4 Å². The summed E-state index contributed by atoms with van der Waals surface area (Å²) < 4.78 is 0. The van der Waals surface area contributed by atoms with Gasteiger partial charge in [-0.3, -0.25) is 4.98 Å². The molecule has 1 atom stereocenters. The largest absolute Gasteiger partial charge is 0.384 e. The quantitative estimate of drug-likeness (QED) is 0.842. The predicted octanol–water partition coefficient (Wildman–Crippen LogP) is 2.84. The van der Waals surface area contributed by atoms with E-state index in [1.54, 1.807) is 23.7 Å². The van der Waals surface area contributed by atoms with Crippen molar-refractivity contribution in [3.8, 4) is 0 Å². The van der Waals surface area contributed by atoms with Crippen LogP contribution in [0.2, 0.25) is 0 Å². The minimum atomic E-state index is -0.552. The van der Waals surface area contributed by atoms with Gasteiger partial charge in [0.05, 0.1) is 0 Å². The molecule has 0 saturated heterocycles. The van der Waals surface area contributed by atoms with Gasteiger partial charge in [-0.1, -0.05) is 0 Å². The SMILES string of the molecule is Cc1cc(C(O)c2cnccc2C)cs1. The molecule has 0 radical (unpaired) electrons. The lowest BCUT2D eigenvalue weighted by atomic mass is 10.0. The van der Waals surface area contributed by atoms with Crippen LogP contribution >= 0.6 is 11.3 Å². The van der Waals surface area contributed by atoms with E-state index < -0.39 is 6.10 Å². The molecule has 2 aromatic rings. The van der Waals surface area contributed by atoms with Crippen molar-refractivity contribution in [3.05, 3.63) is 51.5 Å². The number of nitrogens with zero attached hydrogens (tertiary/aromatic N) is 1. The fraction of sp³-hybridized carbons (Fsp3) is 0.250. The summed E-state index contributed by atoms with van der Waals surface area (Å²) >= 11 is 1.65. The second kappa shape index (κ2) is 4.13. The molecule has 0 aliphatic heterocycles. The second-order valence-corrected chi connectivity index (χ2v) is 4.74. The molecule has 3 heteroatoms. The normalized spacial score (nSPS) is 12.7. The number of rotatable bonds is 2. The van der Waals surface area contributed by atoms with Gasteiger partial charge in [-0.25, -0.2) is 0 Å². The van der Waals surface area contributed by atoms with Crippen LogP contribution < -0.4 is 0 Å². The van der Waals surface area contributed by atoms with Gasteiger partial charge in [-0.2, -0.15) is 0 Å². The van der Waals surface area contributed by atoms with Crippen LogP contribution in [0.25, 0.3) is 0 Å². The molecule has 0 spiro atoms. The molecule has 2 aromatic heterocycles. The minimum Gasteiger partial charge on any atom is -0.384 e. The fourth-order valence-electron chi connectivity index (χ4n) is 1.55. The fourth-order valence-corrected chi connectivity index (χ4v) is 2.27. The van der Waals surface area contributed by atoms with Crippen LogP contribution in [0.4, 0.5) is 0 Å². The molecular formula is C12H13NOS. The van der Waals surface area contributed by atoms with Crippen LogP contribution in [0.15, 0.2) is 29.9 Å². The molecule has 78 valence electrons. The number of hydrogen-bond donors (Lipinski definition) is 1. The van der Waals surface area contributed by atoms with Crippen molar-refractivity contribution in [1.29, 1.82) is 0 Å². The summed E-state index contributed by atoms with van der Waals surface area (Å²) in [5, 5.41) is 12.1. The molecule has 2 nitrogen and oxygen atoms in total. The van der Waals surface area contributed by atoms with Crippen molar-refractivity contribution < 1.29 is 5.11 Å². The van der Waals surface area contributed by atoms with Crippen LogP contribution in [0.1, 0.15) is 27.7 Å². The van der Waals surface area contributed by atoms with Crippen molar-refractivity contribution >= 4 is 11.3 Å². The van der Waals surface area contributed by atoms with Crippen molar-refractivity contribution in [2.75, 3.05) is 0 Å². The monoisotopic (exact) mass is 219 g/mol. The van der Waals surface area contributed by atoms with Crippen molar-refractivity contribution in [2.45, 2.75) is 20.0 Å². The standard InChI is InChI=1S/C12H13NOS/c1-8-3-4-13-6-11(8)12(14)10-5-9(2)15-7-10/h3-7,12,14H,1-2H3. The summed E-state index contributed by atoms with van der Waals surface area (Å²) in [6.07, 6.45) is 2.92. The van der Waals surface area contributed by atoms with Crippen LogP contribution in [-0.2, 0) is 0 Å². The maximum absolute atomic E-state index is 10.2. The number of aromatic nitrogens is 1. The predicted molar refractivity (Wildman–Crippen MR) is 62.1 cm³/mol. The van der Waals surface area contributed by atoms with E-state index in [4.69, 9.17) is 0 Å². The highest BCUT2D eigenvalue weighted by Gasteiger charge is 2.13. The van der Waals surface area contributed by atoms with Gasteiger partial charge in [-0.05, 0) is 42.5 Å². The zero-order chi connectivity index (χ0) is 10.8. The first kappa shape index (κ1) is 10.3. The summed E-state index contributed by atoms with van der Waals surface area (Å²) in [6.45, 7) is 4.02. The highest BCUT2D eigenvalue weighted by atomic mass is 32.1. The number of aliphatic hydroxyl groups is 1. The highest BCUT2D eigenvalue weighted by molar-refractivity contribution is 7.10. The summed E-state index contributed by atoms with van der Waals surface area (Å²) in [5.41, 5.74) is 2.91. The Balaban J connectivity index is 2.36. The molecule has 1 unspecified atom stereocenters. The molecule has 2 rings (SSSR count). The van der Waals surface area contributed by atoms with Crippen LogP contribution in [-0.4, -0.2) is 10.1 Å². The average molecular weight is 219 g/mol. The van der Waals surface area contributed by atoms with E-state index >= 15 is 0 Å². The van der Waals surface area contributed by atoms with Gasteiger partial charge < -0.3 is 5.11 Å². The third-order valence-corrected chi connectivity index (χ3v) is 3.32. The smallest absolute Gasteiger partial charge is 0.107 e. The maximum Gasteiger partial charge on any atom is 0.107 e. The van der Waals surface area contributed by atoms with E-state index in [0.29, 0.717) is 0 Å². The molecule has 0 saturated carbocycles. The van der Waals surface area contributed by atoms with Crippen LogP contribution in [0.5, 0.6) is 0 Å². The minimum absolute atomic E-state index is 0.552. The van der Waals surface area contributed by atoms with Crippen molar-refractivity contribution in [2.24, 2.45) is 0 Å². The summed E-state index contributed by atoms with van der Waals surface area (Å²) in [6, 6.07) is 3.93. The molecule has 0 fully saturated rings. The number of thiophene rings is 1. The molecule has 0 aliphatic rings. The van der Waals surface area contributed by atoms with Gasteiger partial charge in [-0.15, -0.1) is 11.3 Å². The van der Waals surface area contributed by atoms with Gasteiger partial charge in [0.2, 0.25) is 0 Å². The van der Waals surface area contributed by atoms with Crippen LogP contribution in [0.3, 0.4) is 0 Å². The van der Waals surface area contributed by atoms with Gasteiger partial charge >= 0.3 is 0 Å². The first-order valence-electron chi connectivity index (χ1n) is 4.82. The molecule has 0 aliphatic carbocycles. The Morgan fingerprint density at radius 1 is 1.40 bits per heavy atom. The van der Waals surface area contributed by atoms with E-state index in [2.05, 4.69) is 4.98 Å². The Morgan fingerprint density at radius 3 is 2.80 bits per heavy atom. The Morgan fingerprint density at radius 2 is 2.20 bits per heavy atom. The highest BCUT2D eigenvalue weighted by Crippen LogP contribution is 2.27. The van der Waals surface area contributed by atoms with Gasteiger partial charge in [0.15, 0.2) is 0 Å². The third-order valence-electron chi connectivity index (χ3n) is 2.44. The number of aryl methyl sites for hydroxylation is 2. The van der Waals surface area contributed by atoms with Gasteiger partial charge in [0.25, 0.3) is 0 Å². The molecule has 0 aromatic carbocycles. The number of hydrogen-bond acceptors (Lipinski definition) is 3. The average Bonchev–Trinajstić information content (AvgIpc) is 2.65. The van der Waals surface area contributed by atoms with E-state index in [-0.39, 0.29) is 0 Å². The summed E-state index contributed by atoms with van der Waals surface area (Å²) in [4.78, 5) is 5.26. The lowest BCUT2D eigenvalue weighted by molar-refractivity contribution is 0.219. The molecule has 0 bridgehead atoms. The lowest BCUT2D eigenvalue weighted by Gasteiger charge is -2.11. The van der Waals surface area contributed by atoms with E-state index in [1.165, 1.54) is 4.88 Å². The molecule has 0 amide bonds. The Bertz CT molecular complexity index is 464. The third kappa shape index (κ3) is 2.08. The zero-order valence-electron chi connectivity index (χ0n) is 8.77. The Labute approximate surface area is 93.2 Å². The van der Waals surface area contributed by atoms with Crippen molar-refractivity contribution in [3.63, 3.8) is 0 Å². The Hall–Kier alpha value is -1.19. The van der Waals surface area contributed by atoms with Crippen molar-refractivity contribution in [1.82, 2.24) is 4.98 Å². The summed E-state index contributed by atoms with van der Waals surface area (Å²) in [7, 11) is 0. The molecule has 1 N–H and O–H groups in total. The topological polar surface area (TPSA) is 33.1 Å². The second-order valence-electron chi connectivity index (χ2n) is 3.63. The molecule has 15 heavy (non-hydrogen) atoms. The number of pyridine rings is 1.